The van der Waals surface area contributed by atoms with Gasteiger partial charge in [-0.25, -0.2) is 9.97 Å². The van der Waals surface area contributed by atoms with Gasteiger partial charge in [0.15, 0.2) is 0 Å². The number of carbonyl (C=O) groups is 1. The summed E-state index contributed by atoms with van der Waals surface area (Å²) >= 11 is 0. The molecule has 0 radical (unpaired) electrons. The summed E-state index contributed by atoms with van der Waals surface area (Å²) in [6.07, 6.45) is 5.57. The minimum Gasteiger partial charge on any atom is -0.398 e. The lowest BCUT2D eigenvalue weighted by molar-refractivity contribution is -0.148. The van der Waals surface area contributed by atoms with Crippen LogP contribution >= 0.6 is 0 Å². The van der Waals surface area contributed by atoms with Gasteiger partial charge in [0.05, 0.1) is 5.41 Å². The lowest BCUT2D eigenvalue weighted by atomic mass is 9.71. The molecular formula is C21H27N5O. The van der Waals surface area contributed by atoms with E-state index in [0.29, 0.717) is 12.5 Å². The summed E-state index contributed by atoms with van der Waals surface area (Å²) in [6.45, 7) is 5.07. The number of likely N-dealkylation sites (tertiary alicyclic amines) is 1. The van der Waals surface area contributed by atoms with Gasteiger partial charge in [-0.15, -0.1) is 0 Å². The van der Waals surface area contributed by atoms with Crippen LogP contribution < -0.4 is 10.6 Å². The lowest BCUT2D eigenvalue weighted by Gasteiger charge is -2.46. The number of rotatable bonds is 3. The van der Waals surface area contributed by atoms with Crippen LogP contribution in [0.5, 0.6) is 0 Å². The first kappa shape index (κ1) is 17.8. The SMILES string of the molecule is Cc1ccnc(N2CCC3(CCCN(Cc4ccccc4N)C3=O)CC2)n1. The van der Waals surface area contributed by atoms with Gasteiger partial charge in [0.25, 0.3) is 0 Å². The molecule has 0 atom stereocenters. The number of hydrogen-bond donors (Lipinski definition) is 1. The molecule has 2 aliphatic rings. The number of hydrogen-bond acceptors (Lipinski definition) is 5. The summed E-state index contributed by atoms with van der Waals surface area (Å²) < 4.78 is 0. The number of aromatic nitrogens is 2. The first-order chi connectivity index (χ1) is 13.1. The molecule has 3 heterocycles. The Morgan fingerprint density at radius 1 is 1.11 bits per heavy atom. The zero-order valence-electron chi connectivity index (χ0n) is 15.9. The summed E-state index contributed by atoms with van der Waals surface area (Å²) in [6, 6.07) is 9.74. The molecule has 1 amide bonds. The first-order valence-electron chi connectivity index (χ1n) is 9.75. The minimum atomic E-state index is -0.234. The van der Waals surface area contributed by atoms with Crippen LogP contribution in [0.3, 0.4) is 0 Å². The number of nitrogen functional groups attached to an aromatic ring is 1. The third-order valence-electron chi connectivity index (χ3n) is 6.03. The Morgan fingerprint density at radius 2 is 1.89 bits per heavy atom. The van der Waals surface area contributed by atoms with Crippen LogP contribution in [0, 0.1) is 12.3 Å². The van der Waals surface area contributed by atoms with Gasteiger partial charge in [-0.3, -0.25) is 4.79 Å². The standard InChI is InChI=1S/C21H27N5O/c1-16-7-11-23-20(24-16)25-13-9-21(10-14-25)8-4-12-26(19(21)27)15-17-5-2-3-6-18(17)22/h2-3,5-7,11H,4,8-10,12-15,22H2,1H3. The molecule has 1 aromatic carbocycles. The number of nitrogens with two attached hydrogens (primary N) is 1. The molecular weight excluding hydrogens is 338 g/mol. The summed E-state index contributed by atoms with van der Waals surface area (Å²) in [7, 11) is 0. The van der Waals surface area contributed by atoms with Gasteiger partial charge in [-0.05, 0) is 50.3 Å². The maximum absolute atomic E-state index is 13.4. The van der Waals surface area contributed by atoms with Crippen molar-refractivity contribution >= 4 is 17.5 Å². The van der Waals surface area contributed by atoms with Crippen molar-refractivity contribution in [2.75, 3.05) is 30.3 Å². The van der Waals surface area contributed by atoms with E-state index in [4.69, 9.17) is 5.73 Å². The average molecular weight is 365 g/mol. The number of amides is 1. The maximum atomic E-state index is 13.4. The van der Waals surface area contributed by atoms with Gasteiger partial charge < -0.3 is 15.5 Å². The fraction of sp³-hybridized carbons (Fsp3) is 0.476. The number of benzene rings is 1. The quantitative estimate of drug-likeness (QED) is 0.847. The van der Waals surface area contributed by atoms with E-state index in [1.165, 1.54) is 0 Å². The molecule has 1 spiro atoms. The molecule has 4 rings (SSSR count). The maximum Gasteiger partial charge on any atom is 0.229 e. The smallest absolute Gasteiger partial charge is 0.229 e. The van der Waals surface area contributed by atoms with Gasteiger partial charge in [-0.2, -0.15) is 0 Å². The van der Waals surface area contributed by atoms with E-state index in [9.17, 15) is 4.79 Å². The summed E-state index contributed by atoms with van der Waals surface area (Å²) in [5.41, 5.74) is 8.62. The Balaban J connectivity index is 1.46. The number of piperidine rings is 2. The van der Waals surface area contributed by atoms with E-state index in [-0.39, 0.29) is 5.41 Å². The normalized spacial score (nSPS) is 19.5. The zero-order chi connectivity index (χ0) is 18.9. The number of para-hydroxylation sites is 1. The highest BCUT2D eigenvalue weighted by atomic mass is 16.2. The summed E-state index contributed by atoms with van der Waals surface area (Å²) in [5, 5.41) is 0. The largest absolute Gasteiger partial charge is 0.398 e. The predicted octanol–water partition coefficient (Wildman–Crippen LogP) is 2.78. The van der Waals surface area contributed by atoms with Crippen molar-refractivity contribution in [3.8, 4) is 0 Å². The third kappa shape index (κ3) is 3.48. The average Bonchev–Trinajstić information content (AvgIpc) is 2.68. The van der Waals surface area contributed by atoms with Crippen LogP contribution in [0.2, 0.25) is 0 Å². The van der Waals surface area contributed by atoms with Gasteiger partial charge in [-0.1, -0.05) is 18.2 Å². The second-order valence-electron chi connectivity index (χ2n) is 7.79. The van der Waals surface area contributed by atoms with E-state index < -0.39 is 0 Å². The monoisotopic (exact) mass is 365 g/mol. The van der Waals surface area contributed by atoms with Crippen LogP contribution in [0.15, 0.2) is 36.5 Å². The number of carbonyl (C=O) groups excluding carboxylic acids is 1. The molecule has 0 aliphatic carbocycles. The molecule has 2 N–H and O–H groups in total. The van der Waals surface area contributed by atoms with Crippen LogP contribution in [-0.4, -0.2) is 40.4 Å². The Morgan fingerprint density at radius 3 is 2.63 bits per heavy atom. The van der Waals surface area contributed by atoms with Crippen molar-refractivity contribution in [1.82, 2.24) is 14.9 Å². The Bertz CT molecular complexity index is 829. The molecule has 1 aromatic heterocycles. The third-order valence-corrected chi connectivity index (χ3v) is 6.03. The number of anilines is 2. The van der Waals surface area contributed by atoms with Crippen molar-refractivity contribution in [3.05, 3.63) is 47.8 Å². The van der Waals surface area contributed by atoms with Crippen LogP contribution in [0.25, 0.3) is 0 Å². The topological polar surface area (TPSA) is 75.3 Å². The predicted molar refractivity (Wildman–Crippen MR) is 106 cm³/mol. The Kier molecular flexibility index (Phi) is 4.72. The number of aryl methyl sites for hydroxylation is 1. The number of nitrogens with zero attached hydrogens (tertiary/aromatic N) is 4. The molecule has 0 saturated carbocycles. The van der Waals surface area contributed by atoms with E-state index in [1.54, 1.807) is 6.20 Å². The summed E-state index contributed by atoms with van der Waals surface area (Å²) in [5.74, 6) is 1.07. The van der Waals surface area contributed by atoms with Crippen LogP contribution in [0.4, 0.5) is 11.6 Å². The fourth-order valence-electron chi connectivity index (χ4n) is 4.37. The molecule has 142 valence electrons. The van der Waals surface area contributed by atoms with Crippen molar-refractivity contribution in [2.24, 2.45) is 5.41 Å². The zero-order valence-corrected chi connectivity index (χ0v) is 15.9. The molecule has 2 aliphatic heterocycles. The van der Waals surface area contributed by atoms with Crippen molar-refractivity contribution in [3.63, 3.8) is 0 Å². The molecule has 2 fully saturated rings. The van der Waals surface area contributed by atoms with Crippen LogP contribution in [-0.2, 0) is 11.3 Å². The van der Waals surface area contributed by atoms with Gasteiger partial charge in [0.1, 0.15) is 0 Å². The van der Waals surface area contributed by atoms with Gasteiger partial charge >= 0.3 is 0 Å². The Hall–Kier alpha value is -2.63. The minimum absolute atomic E-state index is 0.234. The molecule has 0 bridgehead atoms. The van der Waals surface area contributed by atoms with E-state index in [0.717, 1.165) is 68.2 Å². The molecule has 27 heavy (non-hydrogen) atoms. The lowest BCUT2D eigenvalue weighted by Crippen LogP contribution is -2.53. The van der Waals surface area contributed by atoms with E-state index in [1.807, 2.05) is 42.2 Å². The highest BCUT2D eigenvalue weighted by Crippen LogP contribution is 2.42. The van der Waals surface area contributed by atoms with Crippen molar-refractivity contribution in [2.45, 2.75) is 39.2 Å². The van der Waals surface area contributed by atoms with Gasteiger partial charge in [0.2, 0.25) is 11.9 Å². The van der Waals surface area contributed by atoms with E-state index in [2.05, 4.69) is 14.9 Å². The van der Waals surface area contributed by atoms with Gasteiger partial charge in [0, 0.05) is 43.8 Å². The molecule has 2 aromatic rings. The first-order valence-corrected chi connectivity index (χ1v) is 9.75. The van der Waals surface area contributed by atoms with E-state index >= 15 is 0 Å². The highest BCUT2D eigenvalue weighted by molar-refractivity contribution is 5.84. The summed E-state index contributed by atoms with van der Waals surface area (Å²) in [4.78, 5) is 26.5. The van der Waals surface area contributed by atoms with Crippen molar-refractivity contribution < 1.29 is 4.79 Å². The molecule has 6 heteroatoms. The molecule has 2 saturated heterocycles. The fourth-order valence-corrected chi connectivity index (χ4v) is 4.37. The second kappa shape index (κ2) is 7.18. The Labute approximate surface area is 160 Å². The second-order valence-corrected chi connectivity index (χ2v) is 7.79. The van der Waals surface area contributed by atoms with Crippen LogP contribution in [0.1, 0.15) is 36.9 Å². The molecule has 0 unspecified atom stereocenters. The molecule has 6 nitrogen and oxygen atoms in total. The van der Waals surface area contributed by atoms with Crippen molar-refractivity contribution in [1.29, 1.82) is 0 Å². The highest BCUT2D eigenvalue weighted by Gasteiger charge is 2.45.